The molecule has 2 aliphatic rings. The number of rotatable bonds is 8. The molecular weight excluding hydrogens is 470 g/mol. The summed E-state index contributed by atoms with van der Waals surface area (Å²) in [6, 6.07) is 16.2. The Balaban J connectivity index is 1.21. The number of thiazole rings is 1. The van der Waals surface area contributed by atoms with Crippen LogP contribution in [0.15, 0.2) is 48.5 Å². The highest BCUT2D eigenvalue weighted by atomic mass is 32.1. The van der Waals surface area contributed by atoms with E-state index in [1.165, 1.54) is 0 Å². The molecule has 0 bridgehead atoms. The van der Waals surface area contributed by atoms with E-state index < -0.39 is 0 Å². The minimum atomic E-state index is -0.222. The van der Waals surface area contributed by atoms with Gasteiger partial charge in [-0.2, -0.15) is 5.10 Å². The summed E-state index contributed by atoms with van der Waals surface area (Å²) in [6.07, 6.45) is 4.28. The predicted molar refractivity (Wildman–Crippen MR) is 141 cm³/mol. The topological polar surface area (TPSA) is 80.1 Å². The number of carbonyl (C=O) groups excluding carboxylic acids is 2. The summed E-state index contributed by atoms with van der Waals surface area (Å²) in [7, 11) is 1.84. The molecule has 0 atom stereocenters. The summed E-state index contributed by atoms with van der Waals surface area (Å²) in [4.78, 5) is 34.5. The largest absolute Gasteiger partial charge is 0.349 e. The predicted octanol–water partition coefficient (Wildman–Crippen LogP) is 4.92. The zero-order valence-electron chi connectivity index (χ0n) is 20.5. The lowest BCUT2D eigenvalue weighted by Crippen LogP contribution is -2.40. The number of aromatic nitrogens is 3. The van der Waals surface area contributed by atoms with Crippen LogP contribution in [0.25, 0.3) is 21.3 Å². The summed E-state index contributed by atoms with van der Waals surface area (Å²) in [5, 5.41) is 9.29. The molecule has 0 saturated heterocycles. The maximum Gasteiger partial charge on any atom is 0.274 e. The van der Waals surface area contributed by atoms with Gasteiger partial charge in [-0.05, 0) is 44.2 Å². The maximum absolute atomic E-state index is 13.8. The highest BCUT2D eigenvalue weighted by Crippen LogP contribution is 2.45. The minimum absolute atomic E-state index is 0.0327. The average Bonchev–Trinajstić information content (AvgIpc) is 3.82. The number of carbonyl (C=O) groups is 2. The van der Waals surface area contributed by atoms with Crippen molar-refractivity contribution in [1.82, 2.24) is 25.0 Å². The zero-order valence-corrected chi connectivity index (χ0v) is 21.3. The van der Waals surface area contributed by atoms with Gasteiger partial charge in [0.1, 0.15) is 5.69 Å². The first-order valence-electron chi connectivity index (χ1n) is 12.6. The molecular formula is C28H29N5O2S. The number of fused-ring (bicyclic) bond motifs is 1. The Morgan fingerprint density at radius 3 is 2.64 bits per heavy atom. The molecule has 2 amide bonds. The molecule has 4 aromatic rings. The van der Waals surface area contributed by atoms with E-state index in [0.717, 1.165) is 57.6 Å². The number of nitrogens with one attached hydrogen (secondary N) is 1. The third kappa shape index (κ3) is 4.41. The van der Waals surface area contributed by atoms with Crippen LogP contribution in [0.5, 0.6) is 0 Å². The van der Waals surface area contributed by atoms with Crippen LogP contribution in [0.3, 0.4) is 0 Å². The molecule has 0 spiro atoms. The molecule has 7 nitrogen and oxygen atoms in total. The number of aryl methyl sites for hydroxylation is 2. The lowest BCUT2D eigenvalue weighted by atomic mass is 10.1. The van der Waals surface area contributed by atoms with Gasteiger partial charge in [-0.15, -0.1) is 11.3 Å². The van der Waals surface area contributed by atoms with E-state index in [4.69, 9.17) is 4.98 Å². The SMILES string of the molecule is Cc1cccc(-c2sc(C3CC3)nc2C(=O)N(CCNC(=O)c2nn(C)c3ccccc23)C2CC2)c1. The quantitative estimate of drug-likeness (QED) is 0.373. The molecule has 0 radical (unpaired) electrons. The van der Waals surface area contributed by atoms with Crippen molar-refractivity contribution in [1.29, 1.82) is 0 Å². The Labute approximate surface area is 214 Å². The molecule has 0 aliphatic heterocycles. The molecule has 1 N–H and O–H groups in total. The minimum Gasteiger partial charge on any atom is -0.349 e. The van der Waals surface area contributed by atoms with E-state index in [0.29, 0.717) is 30.4 Å². The Kier molecular flexibility index (Phi) is 5.84. The molecule has 2 fully saturated rings. The van der Waals surface area contributed by atoms with Gasteiger partial charge in [0, 0.05) is 37.5 Å². The van der Waals surface area contributed by atoms with Crippen molar-refractivity contribution >= 4 is 34.1 Å². The number of amides is 2. The molecule has 6 rings (SSSR count). The summed E-state index contributed by atoms with van der Waals surface area (Å²) >= 11 is 1.66. The molecule has 2 heterocycles. The summed E-state index contributed by atoms with van der Waals surface area (Å²) in [5.74, 6) is 0.233. The van der Waals surface area contributed by atoms with Crippen molar-refractivity contribution in [2.45, 2.75) is 44.6 Å². The highest BCUT2D eigenvalue weighted by molar-refractivity contribution is 7.15. The molecule has 2 aromatic heterocycles. The van der Waals surface area contributed by atoms with Gasteiger partial charge in [-0.1, -0.05) is 48.0 Å². The van der Waals surface area contributed by atoms with E-state index in [1.807, 2.05) is 42.3 Å². The second kappa shape index (κ2) is 9.17. The maximum atomic E-state index is 13.8. The lowest BCUT2D eigenvalue weighted by Gasteiger charge is -2.22. The van der Waals surface area contributed by atoms with Crippen LogP contribution < -0.4 is 5.32 Å². The Hall–Kier alpha value is -3.52. The number of para-hydroxylation sites is 1. The normalized spacial score (nSPS) is 15.3. The number of hydrogen-bond acceptors (Lipinski definition) is 5. The van der Waals surface area contributed by atoms with Crippen LogP contribution in [0.1, 0.15) is 63.1 Å². The highest BCUT2D eigenvalue weighted by Gasteiger charge is 2.37. The van der Waals surface area contributed by atoms with Crippen molar-refractivity contribution in [2.75, 3.05) is 13.1 Å². The van der Waals surface area contributed by atoms with E-state index >= 15 is 0 Å². The van der Waals surface area contributed by atoms with E-state index in [-0.39, 0.29) is 17.9 Å². The van der Waals surface area contributed by atoms with Gasteiger partial charge in [-0.25, -0.2) is 4.98 Å². The second-order valence-corrected chi connectivity index (χ2v) is 10.9. The van der Waals surface area contributed by atoms with Crippen LogP contribution in [0.4, 0.5) is 0 Å². The monoisotopic (exact) mass is 499 g/mol. The average molecular weight is 500 g/mol. The fourth-order valence-corrected chi connectivity index (χ4v) is 5.92. The van der Waals surface area contributed by atoms with Gasteiger partial charge < -0.3 is 10.2 Å². The summed E-state index contributed by atoms with van der Waals surface area (Å²) < 4.78 is 1.72. The van der Waals surface area contributed by atoms with Crippen LogP contribution in [0.2, 0.25) is 0 Å². The van der Waals surface area contributed by atoms with E-state index in [9.17, 15) is 9.59 Å². The molecule has 2 aliphatic carbocycles. The van der Waals surface area contributed by atoms with Gasteiger partial charge in [0.2, 0.25) is 0 Å². The molecule has 2 aromatic carbocycles. The fraction of sp³-hybridized carbons (Fsp3) is 0.357. The lowest BCUT2D eigenvalue weighted by molar-refractivity contribution is 0.0732. The molecule has 2 saturated carbocycles. The summed E-state index contributed by atoms with van der Waals surface area (Å²) in [5.41, 5.74) is 4.09. The molecule has 0 unspecified atom stereocenters. The second-order valence-electron chi connectivity index (χ2n) is 9.85. The van der Waals surface area contributed by atoms with E-state index in [2.05, 4.69) is 35.5 Å². The van der Waals surface area contributed by atoms with Crippen molar-refractivity contribution < 1.29 is 9.59 Å². The fourth-order valence-electron chi connectivity index (χ4n) is 4.70. The van der Waals surface area contributed by atoms with Gasteiger partial charge in [0.25, 0.3) is 11.8 Å². The molecule has 8 heteroatoms. The smallest absolute Gasteiger partial charge is 0.274 e. The van der Waals surface area contributed by atoms with Crippen LogP contribution in [0, 0.1) is 6.92 Å². The van der Waals surface area contributed by atoms with Gasteiger partial charge in [0.05, 0.1) is 15.4 Å². The number of benzene rings is 2. The van der Waals surface area contributed by atoms with Crippen molar-refractivity contribution in [3.05, 3.63) is 70.5 Å². The van der Waals surface area contributed by atoms with Gasteiger partial charge >= 0.3 is 0 Å². The first kappa shape index (κ1) is 22.9. The standard InChI is InChI=1S/C28H29N5O2S/c1-17-6-5-7-19(16-17)25-24(30-27(36-25)18-10-11-18)28(35)33(20-12-13-20)15-14-29-26(34)23-21-8-3-4-9-22(21)32(2)31-23/h3-9,16,18,20H,10-15H2,1-2H3,(H,29,34). The van der Waals surface area contributed by atoms with Crippen molar-refractivity contribution in [3.8, 4) is 10.4 Å². The zero-order chi connectivity index (χ0) is 24.8. The van der Waals surface area contributed by atoms with Crippen molar-refractivity contribution in [2.24, 2.45) is 7.05 Å². The van der Waals surface area contributed by atoms with Crippen LogP contribution in [-0.2, 0) is 7.05 Å². The van der Waals surface area contributed by atoms with Crippen molar-refractivity contribution in [3.63, 3.8) is 0 Å². The Bertz CT molecular complexity index is 1460. The van der Waals surface area contributed by atoms with E-state index in [1.54, 1.807) is 16.0 Å². The number of hydrogen-bond donors (Lipinski definition) is 1. The molecule has 36 heavy (non-hydrogen) atoms. The van der Waals surface area contributed by atoms with Gasteiger partial charge in [0.15, 0.2) is 5.69 Å². The first-order valence-corrected chi connectivity index (χ1v) is 13.4. The third-order valence-electron chi connectivity index (χ3n) is 6.91. The Morgan fingerprint density at radius 2 is 1.89 bits per heavy atom. The molecule has 184 valence electrons. The van der Waals surface area contributed by atoms with Crippen LogP contribution >= 0.6 is 11.3 Å². The van der Waals surface area contributed by atoms with Crippen LogP contribution in [-0.4, -0.2) is 50.6 Å². The summed E-state index contributed by atoms with van der Waals surface area (Å²) in [6.45, 7) is 2.88. The third-order valence-corrected chi connectivity index (χ3v) is 8.18. The number of nitrogens with zero attached hydrogens (tertiary/aromatic N) is 4. The first-order chi connectivity index (χ1) is 17.5. The Morgan fingerprint density at radius 1 is 1.08 bits per heavy atom. The van der Waals surface area contributed by atoms with Gasteiger partial charge in [-0.3, -0.25) is 14.3 Å².